The van der Waals surface area contributed by atoms with E-state index < -0.39 is 10.0 Å². The van der Waals surface area contributed by atoms with E-state index in [9.17, 15) is 8.42 Å². The van der Waals surface area contributed by atoms with Crippen molar-refractivity contribution in [1.82, 2.24) is 4.98 Å². The Morgan fingerprint density at radius 1 is 1.18 bits per heavy atom. The van der Waals surface area contributed by atoms with E-state index in [1.807, 2.05) is 18.2 Å². The summed E-state index contributed by atoms with van der Waals surface area (Å²) in [5.74, 6) is 0.235. The molecule has 0 bridgehead atoms. The van der Waals surface area contributed by atoms with Gasteiger partial charge in [0.25, 0.3) is 0 Å². The fourth-order valence-corrected chi connectivity index (χ4v) is 2.94. The lowest BCUT2D eigenvalue weighted by molar-refractivity contribution is 0.134. The molecule has 0 radical (unpaired) electrons. The predicted molar refractivity (Wildman–Crippen MR) is 83.2 cm³/mol. The lowest BCUT2D eigenvalue weighted by atomic mass is 10.0. The van der Waals surface area contributed by atoms with E-state index in [1.54, 1.807) is 12.3 Å². The summed E-state index contributed by atoms with van der Waals surface area (Å²) in [6.45, 7) is 1.23. The first-order valence-electron chi connectivity index (χ1n) is 6.68. The van der Waals surface area contributed by atoms with Crippen molar-refractivity contribution in [2.24, 2.45) is 0 Å². The molecule has 0 atom stereocenters. The first kappa shape index (κ1) is 14.8. The molecule has 1 aromatic heterocycles. The topological polar surface area (TPSA) is 77.5 Å². The summed E-state index contributed by atoms with van der Waals surface area (Å²) in [5, 5.41) is 0. The summed E-state index contributed by atoms with van der Waals surface area (Å²) in [4.78, 5) is 4.17. The number of pyridine rings is 1. The average Bonchev–Trinajstić information content (AvgIpc) is 2.92. The molecule has 22 heavy (non-hydrogen) atoms. The summed E-state index contributed by atoms with van der Waals surface area (Å²) in [5.41, 5.74) is 4.41. The Morgan fingerprint density at radius 2 is 1.95 bits per heavy atom. The highest BCUT2D eigenvalue weighted by atomic mass is 32.2. The Hall–Kier alpha value is -2.12. The number of anilines is 1. The van der Waals surface area contributed by atoms with Gasteiger partial charge in [-0.1, -0.05) is 12.1 Å². The Morgan fingerprint density at radius 3 is 2.68 bits per heavy atom. The fourth-order valence-electron chi connectivity index (χ4n) is 2.40. The van der Waals surface area contributed by atoms with Crippen molar-refractivity contribution < 1.29 is 17.9 Å². The van der Waals surface area contributed by atoms with Crippen molar-refractivity contribution in [3.05, 3.63) is 41.6 Å². The third-order valence-electron chi connectivity index (χ3n) is 3.39. The van der Waals surface area contributed by atoms with Crippen LogP contribution in [-0.2, 0) is 28.0 Å². The fraction of sp³-hybridized carbons (Fsp3) is 0.267. The van der Waals surface area contributed by atoms with Crippen LogP contribution in [0.3, 0.4) is 0 Å². The highest BCUT2D eigenvalue weighted by molar-refractivity contribution is 7.92. The van der Waals surface area contributed by atoms with Crippen LogP contribution in [0, 0.1) is 0 Å². The molecule has 2 heterocycles. The van der Waals surface area contributed by atoms with Crippen LogP contribution < -0.4 is 9.46 Å². The molecule has 116 valence electrons. The van der Waals surface area contributed by atoms with Crippen molar-refractivity contribution in [1.29, 1.82) is 0 Å². The lowest BCUT2D eigenvalue weighted by Gasteiger charge is -2.11. The van der Waals surface area contributed by atoms with Gasteiger partial charge in [0.15, 0.2) is 0 Å². The summed E-state index contributed by atoms with van der Waals surface area (Å²) in [7, 11) is -1.96. The van der Waals surface area contributed by atoms with E-state index in [4.69, 9.17) is 9.47 Å². The van der Waals surface area contributed by atoms with E-state index in [-0.39, 0.29) is 5.88 Å². The van der Waals surface area contributed by atoms with Crippen LogP contribution >= 0.6 is 0 Å². The van der Waals surface area contributed by atoms with Crippen molar-refractivity contribution >= 4 is 15.7 Å². The second-order valence-corrected chi connectivity index (χ2v) is 6.88. The van der Waals surface area contributed by atoms with E-state index in [1.165, 1.54) is 12.7 Å². The zero-order chi connectivity index (χ0) is 15.7. The summed E-state index contributed by atoms with van der Waals surface area (Å²) in [6.07, 6.45) is 2.75. The van der Waals surface area contributed by atoms with E-state index in [0.29, 0.717) is 18.9 Å². The van der Waals surface area contributed by atoms with Gasteiger partial charge in [0, 0.05) is 11.8 Å². The number of ether oxygens (including phenoxy) is 2. The van der Waals surface area contributed by atoms with Crippen molar-refractivity contribution in [3.63, 3.8) is 0 Å². The molecule has 0 amide bonds. The molecule has 0 saturated heterocycles. The first-order valence-corrected chi connectivity index (χ1v) is 8.57. The highest BCUT2D eigenvalue weighted by Crippen LogP contribution is 2.31. The number of benzene rings is 1. The van der Waals surface area contributed by atoms with Gasteiger partial charge >= 0.3 is 0 Å². The number of hydrogen-bond acceptors (Lipinski definition) is 5. The van der Waals surface area contributed by atoms with Crippen LogP contribution in [0.5, 0.6) is 5.88 Å². The minimum Gasteiger partial charge on any atom is -0.480 e. The molecule has 1 aliphatic heterocycles. The maximum atomic E-state index is 11.5. The van der Waals surface area contributed by atoms with Crippen molar-refractivity contribution in [2.45, 2.75) is 13.2 Å². The molecule has 1 N–H and O–H groups in total. The summed E-state index contributed by atoms with van der Waals surface area (Å²) in [6, 6.07) is 7.74. The number of methoxy groups -OCH3 is 1. The molecule has 1 aromatic carbocycles. The normalized spacial score (nSPS) is 13.7. The Bertz CT molecular complexity index is 818. The number of hydrogen-bond donors (Lipinski definition) is 1. The molecule has 0 saturated carbocycles. The van der Waals surface area contributed by atoms with Crippen molar-refractivity contribution in [2.75, 3.05) is 18.1 Å². The van der Waals surface area contributed by atoms with Gasteiger partial charge in [0.1, 0.15) is 5.69 Å². The van der Waals surface area contributed by atoms with Gasteiger partial charge in [0.2, 0.25) is 15.9 Å². The second-order valence-electron chi connectivity index (χ2n) is 5.13. The molecular weight excluding hydrogens is 304 g/mol. The predicted octanol–water partition coefficient (Wildman–Crippen LogP) is 2.16. The van der Waals surface area contributed by atoms with E-state index >= 15 is 0 Å². The molecule has 0 unspecified atom stereocenters. The van der Waals surface area contributed by atoms with E-state index in [2.05, 4.69) is 9.71 Å². The number of sulfonamides is 1. The molecule has 1 aliphatic rings. The van der Waals surface area contributed by atoms with Gasteiger partial charge in [0.05, 0.1) is 26.6 Å². The van der Waals surface area contributed by atoms with Gasteiger partial charge in [-0.25, -0.2) is 13.4 Å². The number of rotatable bonds is 4. The van der Waals surface area contributed by atoms with Crippen LogP contribution in [0.4, 0.5) is 5.69 Å². The number of fused-ring (bicyclic) bond motifs is 1. The van der Waals surface area contributed by atoms with Crippen LogP contribution in [-0.4, -0.2) is 26.8 Å². The van der Waals surface area contributed by atoms with Gasteiger partial charge < -0.3 is 9.47 Å². The van der Waals surface area contributed by atoms with E-state index in [0.717, 1.165) is 22.9 Å². The molecule has 0 aliphatic carbocycles. The van der Waals surface area contributed by atoms with Gasteiger partial charge in [-0.3, -0.25) is 4.72 Å². The minimum atomic E-state index is -3.41. The SMILES string of the molecule is COc1ncc(-c2ccc3c(c2)COC3)cc1NS(C)(=O)=O. The third kappa shape index (κ3) is 3.05. The molecule has 3 rings (SSSR count). The maximum Gasteiger partial charge on any atom is 0.238 e. The zero-order valence-corrected chi connectivity index (χ0v) is 13.1. The Labute approximate surface area is 129 Å². The van der Waals surface area contributed by atoms with Crippen LogP contribution in [0.15, 0.2) is 30.5 Å². The Kier molecular flexibility index (Phi) is 3.76. The molecule has 6 nitrogen and oxygen atoms in total. The Balaban J connectivity index is 2.02. The molecule has 0 spiro atoms. The quantitative estimate of drug-likeness (QED) is 0.934. The zero-order valence-electron chi connectivity index (χ0n) is 12.3. The van der Waals surface area contributed by atoms with Crippen molar-refractivity contribution in [3.8, 4) is 17.0 Å². The summed E-state index contributed by atoms with van der Waals surface area (Å²) >= 11 is 0. The number of aromatic nitrogens is 1. The van der Waals surface area contributed by atoms with Gasteiger partial charge in [-0.05, 0) is 28.8 Å². The maximum absolute atomic E-state index is 11.5. The molecule has 7 heteroatoms. The van der Waals surface area contributed by atoms with Gasteiger partial charge in [-0.15, -0.1) is 0 Å². The second kappa shape index (κ2) is 5.58. The molecular formula is C15H16N2O4S. The van der Waals surface area contributed by atoms with Crippen LogP contribution in [0.2, 0.25) is 0 Å². The lowest BCUT2D eigenvalue weighted by Crippen LogP contribution is -2.11. The monoisotopic (exact) mass is 320 g/mol. The van der Waals surface area contributed by atoms with Gasteiger partial charge in [-0.2, -0.15) is 0 Å². The molecule has 2 aromatic rings. The largest absolute Gasteiger partial charge is 0.480 e. The third-order valence-corrected chi connectivity index (χ3v) is 3.99. The average molecular weight is 320 g/mol. The molecule has 0 fully saturated rings. The van der Waals surface area contributed by atoms with Crippen LogP contribution in [0.25, 0.3) is 11.1 Å². The summed E-state index contributed by atoms with van der Waals surface area (Å²) < 4.78 is 35.8. The van der Waals surface area contributed by atoms with Crippen LogP contribution in [0.1, 0.15) is 11.1 Å². The number of nitrogens with zero attached hydrogens (tertiary/aromatic N) is 1. The highest BCUT2D eigenvalue weighted by Gasteiger charge is 2.14. The number of nitrogens with one attached hydrogen (secondary N) is 1. The standard InChI is InChI=1S/C15H16N2O4S/c1-20-15-14(17-22(2,18)19)6-12(7-16-15)10-3-4-11-8-21-9-13(11)5-10/h3-7,17H,8-9H2,1-2H3. The first-order chi connectivity index (χ1) is 10.5. The minimum absolute atomic E-state index is 0.235. The smallest absolute Gasteiger partial charge is 0.238 e.